The lowest BCUT2D eigenvalue weighted by Crippen LogP contribution is -2.60. The highest BCUT2D eigenvalue weighted by Gasteiger charge is 2.41. The van der Waals surface area contributed by atoms with Crippen LogP contribution in [0.1, 0.15) is 22.8 Å². The van der Waals surface area contributed by atoms with Gasteiger partial charge in [-0.1, -0.05) is 23.7 Å². The second kappa shape index (κ2) is 11.8. The van der Waals surface area contributed by atoms with E-state index in [2.05, 4.69) is 20.6 Å². The van der Waals surface area contributed by atoms with Crippen molar-refractivity contribution in [2.45, 2.75) is 25.7 Å². The molecule has 43 heavy (non-hydrogen) atoms. The number of nitrogens with zero attached hydrogens (tertiary/aromatic N) is 6. The predicted molar refractivity (Wildman–Crippen MR) is 153 cm³/mol. The van der Waals surface area contributed by atoms with Crippen molar-refractivity contribution in [3.05, 3.63) is 63.0 Å². The van der Waals surface area contributed by atoms with Crippen LogP contribution < -0.4 is 21.1 Å². The molecular formula is C27H28ClFN8O6. The van der Waals surface area contributed by atoms with E-state index in [1.807, 2.05) is 0 Å². The number of fused-ring (bicyclic) bond motifs is 1. The first kappa shape index (κ1) is 29.7. The zero-order chi connectivity index (χ0) is 30.9. The predicted octanol–water partition coefficient (Wildman–Crippen LogP) is 1.45. The van der Waals surface area contributed by atoms with Crippen LogP contribution in [0.5, 0.6) is 0 Å². The molecule has 0 bridgehead atoms. The quantitative estimate of drug-likeness (QED) is 0.325. The number of pyridine rings is 1. The number of benzene rings is 1. The van der Waals surface area contributed by atoms with Crippen molar-refractivity contribution in [2.24, 2.45) is 0 Å². The Hall–Kier alpha value is -4.79. The number of carboxylic acid groups (broad SMARTS) is 1. The first-order valence-corrected chi connectivity index (χ1v) is 13.7. The van der Waals surface area contributed by atoms with Gasteiger partial charge < -0.3 is 25.5 Å². The second-order valence-electron chi connectivity index (χ2n) is 10.5. The SMILES string of the molecule is CC1(F)CN(C(=O)Cn2c(=O)c(C(=O)NCc3ccc(Cl)cc3)cc3nc(N4CCN(CCNC(=O)O)C4=O)cnc32)C1. The molecule has 0 unspecified atom stereocenters. The van der Waals surface area contributed by atoms with E-state index in [-0.39, 0.29) is 61.8 Å². The molecule has 2 fully saturated rings. The molecule has 0 spiro atoms. The lowest BCUT2D eigenvalue weighted by molar-refractivity contribution is -0.144. The molecule has 0 saturated carbocycles. The van der Waals surface area contributed by atoms with Crippen molar-refractivity contribution in [1.29, 1.82) is 0 Å². The van der Waals surface area contributed by atoms with Gasteiger partial charge in [-0.3, -0.25) is 23.9 Å². The Bertz CT molecular complexity index is 1660. The number of halogens is 2. The normalized spacial score (nSPS) is 15.9. The summed E-state index contributed by atoms with van der Waals surface area (Å²) < 4.78 is 15.1. The Morgan fingerprint density at radius 3 is 2.51 bits per heavy atom. The Kier molecular flexibility index (Phi) is 8.17. The Morgan fingerprint density at radius 2 is 1.84 bits per heavy atom. The van der Waals surface area contributed by atoms with Crippen molar-refractivity contribution in [2.75, 3.05) is 44.2 Å². The zero-order valence-corrected chi connectivity index (χ0v) is 23.8. The van der Waals surface area contributed by atoms with Crippen molar-refractivity contribution in [3.8, 4) is 0 Å². The molecule has 0 atom stereocenters. The van der Waals surface area contributed by atoms with E-state index in [0.717, 1.165) is 10.1 Å². The number of nitrogens with one attached hydrogen (secondary N) is 2. The average molecular weight is 615 g/mol. The molecule has 5 rings (SSSR count). The van der Waals surface area contributed by atoms with Crippen LogP contribution in [0.3, 0.4) is 0 Å². The van der Waals surface area contributed by atoms with Gasteiger partial charge in [-0.05, 0) is 30.7 Å². The monoisotopic (exact) mass is 614 g/mol. The molecule has 1 aromatic carbocycles. The van der Waals surface area contributed by atoms with Crippen LogP contribution in [0.15, 0.2) is 41.3 Å². The topological polar surface area (TPSA) is 170 Å². The van der Waals surface area contributed by atoms with Gasteiger partial charge in [-0.25, -0.2) is 23.9 Å². The summed E-state index contributed by atoms with van der Waals surface area (Å²) in [5.41, 5.74) is -1.77. The minimum absolute atomic E-state index is 0.00838. The van der Waals surface area contributed by atoms with E-state index in [0.29, 0.717) is 11.6 Å². The Morgan fingerprint density at radius 1 is 1.12 bits per heavy atom. The van der Waals surface area contributed by atoms with Crippen LogP contribution in [-0.4, -0.2) is 98.3 Å². The zero-order valence-electron chi connectivity index (χ0n) is 23.0. The van der Waals surface area contributed by atoms with E-state index in [4.69, 9.17) is 16.7 Å². The van der Waals surface area contributed by atoms with Gasteiger partial charge in [0, 0.05) is 37.7 Å². The van der Waals surface area contributed by atoms with Crippen LogP contribution in [0, 0.1) is 0 Å². The first-order valence-electron chi connectivity index (χ1n) is 13.3. The molecule has 14 nitrogen and oxygen atoms in total. The van der Waals surface area contributed by atoms with Gasteiger partial charge in [-0.15, -0.1) is 0 Å². The maximum Gasteiger partial charge on any atom is 0.404 e. The number of hydrogen-bond acceptors (Lipinski definition) is 7. The van der Waals surface area contributed by atoms with Crippen molar-refractivity contribution < 1.29 is 28.7 Å². The lowest BCUT2D eigenvalue weighted by Gasteiger charge is -2.42. The summed E-state index contributed by atoms with van der Waals surface area (Å²) >= 11 is 5.92. The molecule has 2 saturated heterocycles. The number of likely N-dealkylation sites (tertiary alicyclic amines) is 1. The maximum absolute atomic E-state index is 14.0. The Balaban J connectivity index is 1.44. The van der Waals surface area contributed by atoms with Gasteiger partial charge in [0.05, 0.1) is 19.3 Å². The number of amides is 5. The molecule has 4 heterocycles. The number of carbonyl (C=O) groups is 4. The summed E-state index contributed by atoms with van der Waals surface area (Å²) in [5.74, 6) is -1.10. The van der Waals surface area contributed by atoms with Crippen molar-refractivity contribution in [3.63, 3.8) is 0 Å². The van der Waals surface area contributed by atoms with Crippen LogP contribution in [0.25, 0.3) is 11.2 Å². The van der Waals surface area contributed by atoms with Crippen molar-refractivity contribution >= 4 is 52.5 Å². The highest BCUT2D eigenvalue weighted by Crippen LogP contribution is 2.25. The Labute approximate surface area is 249 Å². The standard InChI is InChI=1S/C27H28ClFN8O6/c1-27(29)14-35(15-27)21(38)13-37-22-19(10-18(24(37)40)23(39)32-11-16-2-4-17(28)5-3-16)33-20(12-31-22)36-9-8-34(26(36)43)7-6-30-25(41)42/h2-5,10,12,30H,6-9,11,13-15H2,1H3,(H,32,39)(H,41,42). The third-order valence-electron chi connectivity index (χ3n) is 7.11. The van der Waals surface area contributed by atoms with Gasteiger partial charge in [0.1, 0.15) is 23.3 Å². The number of anilines is 1. The average Bonchev–Trinajstić information content (AvgIpc) is 3.31. The van der Waals surface area contributed by atoms with Gasteiger partial charge in [0.15, 0.2) is 11.5 Å². The fourth-order valence-electron chi connectivity index (χ4n) is 4.91. The molecular weight excluding hydrogens is 587 g/mol. The highest BCUT2D eigenvalue weighted by molar-refractivity contribution is 6.30. The third-order valence-corrected chi connectivity index (χ3v) is 7.36. The summed E-state index contributed by atoms with van der Waals surface area (Å²) in [6.07, 6.45) is 0.0802. The number of rotatable bonds is 9. The number of carbonyl (C=O) groups excluding carboxylic acids is 3. The van der Waals surface area contributed by atoms with Gasteiger partial charge in [0.2, 0.25) is 5.91 Å². The lowest BCUT2D eigenvalue weighted by atomic mass is 9.99. The van der Waals surface area contributed by atoms with E-state index >= 15 is 0 Å². The molecule has 0 radical (unpaired) electrons. The van der Waals surface area contributed by atoms with Gasteiger partial charge in [0.25, 0.3) is 11.5 Å². The number of hydrogen-bond donors (Lipinski definition) is 3. The largest absolute Gasteiger partial charge is 0.465 e. The smallest absolute Gasteiger partial charge is 0.404 e. The van der Waals surface area contributed by atoms with Crippen LogP contribution in [-0.2, 0) is 17.9 Å². The van der Waals surface area contributed by atoms with E-state index in [9.17, 15) is 28.4 Å². The number of aromatic nitrogens is 3. The second-order valence-corrected chi connectivity index (χ2v) is 10.9. The minimum Gasteiger partial charge on any atom is -0.465 e. The summed E-state index contributed by atoms with van der Waals surface area (Å²) in [6.45, 7) is 1.49. The molecule has 0 aliphatic carbocycles. The van der Waals surface area contributed by atoms with Gasteiger partial charge >= 0.3 is 12.1 Å². The highest BCUT2D eigenvalue weighted by atomic mass is 35.5. The van der Waals surface area contributed by atoms with Gasteiger partial charge in [-0.2, -0.15) is 0 Å². The first-order chi connectivity index (χ1) is 20.4. The fraction of sp³-hybridized carbons (Fsp3) is 0.370. The van der Waals surface area contributed by atoms with Crippen LogP contribution >= 0.6 is 11.6 Å². The van der Waals surface area contributed by atoms with E-state index in [1.165, 1.54) is 33.9 Å². The third kappa shape index (κ3) is 6.51. The summed E-state index contributed by atoms with van der Waals surface area (Å²) in [7, 11) is 0. The molecule has 3 N–H and O–H groups in total. The number of alkyl halides is 1. The molecule has 2 aromatic heterocycles. The molecule has 3 aromatic rings. The van der Waals surface area contributed by atoms with E-state index < -0.39 is 41.7 Å². The fourth-order valence-corrected chi connectivity index (χ4v) is 5.04. The summed E-state index contributed by atoms with van der Waals surface area (Å²) in [4.78, 5) is 76.2. The van der Waals surface area contributed by atoms with Crippen LogP contribution in [0.2, 0.25) is 5.02 Å². The molecule has 5 amide bonds. The maximum atomic E-state index is 14.0. The minimum atomic E-state index is -1.51. The molecule has 16 heteroatoms. The summed E-state index contributed by atoms with van der Waals surface area (Å²) in [5, 5.41) is 14.2. The molecule has 2 aliphatic heterocycles. The number of urea groups is 1. The molecule has 226 valence electrons. The van der Waals surface area contributed by atoms with E-state index in [1.54, 1.807) is 24.3 Å². The van der Waals surface area contributed by atoms with Crippen LogP contribution in [0.4, 0.5) is 19.8 Å². The van der Waals surface area contributed by atoms with Crippen molar-refractivity contribution in [1.82, 2.24) is 35.0 Å². The molecule has 2 aliphatic rings. The summed E-state index contributed by atoms with van der Waals surface area (Å²) in [6, 6.07) is 7.60.